The van der Waals surface area contributed by atoms with Gasteiger partial charge in [-0.25, -0.2) is 4.39 Å². The molecule has 2 atom stereocenters. The highest BCUT2D eigenvalue weighted by molar-refractivity contribution is 6.01. The molecule has 6 heteroatoms. The van der Waals surface area contributed by atoms with Gasteiger partial charge < -0.3 is 14.7 Å². The van der Waals surface area contributed by atoms with Gasteiger partial charge in [0.05, 0.1) is 5.71 Å². The van der Waals surface area contributed by atoms with Crippen LogP contribution in [0.25, 0.3) is 0 Å². The van der Waals surface area contributed by atoms with Gasteiger partial charge in [-0.15, -0.1) is 0 Å². The first-order valence-corrected chi connectivity index (χ1v) is 11.2. The highest BCUT2D eigenvalue weighted by Gasteiger charge is 2.26. The maximum atomic E-state index is 14.3. The summed E-state index contributed by atoms with van der Waals surface area (Å²) < 4.78 is 20.1. The molecule has 0 amide bonds. The number of benzene rings is 3. The fourth-order valence-electron chi connectivity index (χ4n) is 3.94. The summed E-state index contributed by atoms with van der Waals surface area (Å²) in [5.41, 5.74) is 3.52. The molecule has 1 heterocycles. The first-order chi connectivity index (χ1) is 16.1. The second-order valence-corrected chi connectivity index (χ2v) is 8.35. The fraction of sp³-hybridized carbons (Fsp3) is 0.296. The van der Waals surface area contributed by atoms with Gasteiger partial charge in [-0.05, 0) is 30.2 Å². The normalized spacial score (nSPS) is 16.4. The average molecular weight is 449 g/mol. The number of nitrogens with zero attached hydrogens (tertiary/aromatic N) is 2. The zero-order valence-corrected chi connectivity index (χ0v) is 18.7. The van der Waals surface area contributed by atoms with Crippen LogP contribution in [0.1, 0.15) is 23.1 Å². The minimum absolute atomic E-state index is 0.149. The number of hydrogen-bond acceptors (Lipinski definition) is 5. The van der Waals surface area contributed by atoms with Crippen molar-refractivity contribution in [3.63, 3.8) is 0 Å². The van der Waals surface area contributed by atoms with Crippen LogP contribution >= 0.6 is 0 Å². The highest BCUT2D eigenvalue weighted by atomic mass is 19.1. The number of rotatable bonds is 10. The smallest absolute Gasteiger partial charge is 0.145 e. The van der Waals surface area contributed by atoms with Crippen molar-refractivity contribution in [2.75, 3.05) is 19.7 Å². The Morgan fingerprint density at radius 2 is 1.79 bits per heavy atom. The number of aliphatic hydroxyl groups excluding tert-OH is 1. The molecule has 3 aromatic rings. The minimum atomic E-state index is -0.743. The van der Waals surface area contributed by atoms with Crippen LogP contribution in [-0.2, 0) is 11.4 Å². The zero-order chi connectivity index (χ0) is 23.0. The van der Waals surface area contributed by atoms with Gasteiger partial charge in [-0.3, -0.25) is 4.90 Å². The molecule has 0 bridgehead atoms. The van der Waals surface area contributed by atoms with Gasteiger partial charge in [0, 0.05) is 31.6 Å². The van der Waals surface area contributed by atoms with Crippen molar-refractivity contribution in [3.8, 4) is 5.75 Å². The van der Waals surface area contributed by atoms with Gasteiger partial charge in [0.2, 0.25) is 0 Å². The van der Waals surface area contributed by atoms with Crippen LogP contribution in [0, 0.1) is 12.7 Å². The van der Waals surface area contributed by atoms with E-state index in [0.29, 0.717) is 31.6 Å². The number of hydrogen-bond donors (Lipinski definition) is 1. The molecule has 1 aliphatic rings. The van der Waals surface area contributed by atoms with Crippen LogP contribution in [0.5, 0.6) is 5.75 Å². The van der Waals surface area contributed by atoms with E-state index in [0.717, 1.165) is 22.6 Å². The molecule has 5 nitrogen and oxygen atoms in total. The molecule has 0 radical (unpaired) electrons. The van der Waals surface area contributed by atoms with E-state index in [2.05, 4.69) is 5.16 Å². The molecular formula is C27H29FN2O3. The summed E-state index contributed by atoms with van der Waals surface area (Å²) in [5, 5.41) is 15.0. The lowest BCUT2D eigenvalue weighted by atomic mass is 10.0. The third-order valence-corrected chi connectivity index (χ3v) is 5.65. The lowest BCUT2D eigenvalue weighted by Crippen LogP contribution is -2.40. The Morgan fingerprint density at radius 3 is 2.58 bits per heavy atom. The summed E-state index contributed by atoms with van der Waals surface area (Å²) in [7, 11) is 0. The molecule has 172 valence electrons. The van der Waals surface area contributed by atoms with E-state index in [1.165, 1.54) is 6.07 Å². The first-order valence-electron chi connectivity index (χ1n) is 11.2. The quantitative estimate of drug-likeness (QED) is 0.494. The first kappa shape index (κ1) is 23.0. The Kier molecular flexibility index (Phi) is 7.70. The molecule has 0 spiro atoms. The Hall–Kier alpha value is -3.22. The van der Waals surface area contributed by atoms with E-state index in [1.807, 2.05) is 72.5 Å². The number of para-hydroxylation sites is 1. The van der Waals surface area contributed by atoms with Gasteiger partial charge in [0.25, 0.3) is 0 Å². The minimum Gasteiger partial charge on any atom is -0.491 e. The summed E-state index contributed by atoms with van der Waals surface area (Å²) in [6.07, 6.45) is -0.253. The second-order valence-electron chi connectivity index (χ2n) is 8.35. The third-order valence-electron chi connectivity index (χ3n) is 5.65. The largest absolute Gasteiger partial charge is 0.491 e. The third kappa shape index (κ3) is 6.40. The van der Waals surface area contributed by atoms with E-state index in [1.54, 1.807) is 12.1 Å². The number of halogens is 1. The van der Waals surface area contributed by atoms with Crippen molar-refractivity contribution < 1.29 is 19.1 Å². The maximum absolute atomic E-state index is 14.3. The number of aliphatic hydroxyl groups is 1. The Bertz CT molecular complexity index is 1070. The van der Waals surface area contributed by atoms with E-state index in [4.69, 9.17) is 9.57 Å². The van der Waals surface area contributed by atoms with Gasteiger partial charge in [-0.1, -0.05) is 71.9 Å². The maximum Gasteiger partial charge on any atom is 0.145 e. The van der Waals surface area contributed by atoms with E-state index >= 15 is 0 Å². The van der Waals surface area contributed by atoms with Gasteiger partial charge in [-0.2, -0.15) is 0 Å². The molecule has 3 aromatic carbocycles. The van der Waals surface area contributed by atoms with Gasteiger partial charge >= 0.3 is 0 Å². The molecule has 33 heavy (non-hydrogen) atoms. The predicted octanol–water partition coefficient (Wildman–Crippen LogP) is 4.57. The van der Waals surface area contributed by atoms with Crippen LogP contribution in [0.4, 0.5) is 4.39 Å². The Labute approximate surface area is 194 Å². The molecule has 1 N–H and O–H groups in total. The van der Waals surface area contributed by atoms with Crippen molar-refractivity contribution in [1.29, 1.82) is 0 Å². The molecule has 0 fully saturated rings. The van der Waals surface area contributed by atoms with Crippen LogP contribution in [-0.4, -0.2) is 47.6 Å². The number of aryl methyl sites for hydroxylation is 1. The standard InChI is InChI=1S/C27H29FN2O3/c1-20-9-5-8-14-27(20)32-19-23(31)17-30(16-22-12-6-7-13-25(22)28)18-24-15-26(29-33-24)21-10-3-2-4-11-21/h2-14,23-24,31H,15-19H2,1H3/t23-,24+/m0/s1. The topological polar surface area (TPSA) is 54.3 Å². The summed E-state index contributed by atoms with van der Waals surface area (Å²) in [6, 6.07) is 24.3. The van der Waals surface area contributed by atoms with Crippen molar-refractivity contribution in [1.82, 2.24) is 4.90 Å². The Morgan fingerprint density at radius 1 is 1.06 bits per heavy atom. The summed E-state index contributed by atoms with van der Waals surface area (Å²) >= 11 is 0. The van der Waals surface area contributed by atoms with Crippen molar-refractivity contribution >= 4 is 5.71 Å². The van der Waals surface area contributed by atoms with Gasteiger partial charge in [0.15, 0.2) is 0 Å². The van der Waals surface area contributed by atoms with Crippen molar-refractivity contribution in [3.05, 3.63) is 101 Å². The lowest BCUT2D eigenvalue weighted by molar-refractivity contribution is 0.0209. The molecule has 0 aliphatic carbocycles. The van der Waals surface area contributed by atoms with E-state index in [-0.39, 0.29) is 18.5 Å². The van der Waals surface area contributed by atoms with Crippen molar-refractivity contribution in [2.45, 2.75) is 32.1 Å². The molecular weight excluding hydrogens is 419 g/mol. The summed E-state index contributed by atoms with van der Waals surface area (Å²) in [6.45, 7) is 3.30. The molecule has 0 aromatic heterocycles. The number of ether oxygens (including phenoxy) is 1. The molecule has 0 unspecified atom stereocenters. The summed E-state index contributed by atoms with van der Waals surface area (Å²) in [4.78, 5) is 7.68. The van der Waals surface area contributed by atoms with Crippen LogP contribution < -0.4 is 4.74 Å². The average Bonchev–Trinajstić information content (AvgIpc) is 3.29. The SMILES string of the molecule is Cc1ccccc1OC[C@@H](O)CN(Cc1ccccc1F)C[C@H]1CC(c2ccccc2)=NO1. The molecule has 4 rings (SSSR count). The Balaban J connectivity index is 1.39. The zero-order valence-electron chi connectivity index (χ0n) is 18.7. The van der Waals surface area contributed by atoms with E-state index < -0.39 is 6.10 Å². The van der Waals surface area contributed by atoms with E-state index in [9.17, 15) is 9.50 Å². The fourth-order valence-corrected chi connectivity index (χ4v) is 3.94. The lowest BCUT2D eigenvalue weighted by Gasteiger charge is -2.27. The van der Waals surface area contributed by atoms with Gasteiger partial charge in [0.1, 0.15) is 30.4 Å². The summed E-state index contributed by atoms with van der Waals surface area (Å²) in [5.74, 6) is 0.485. The molecule has 0 saturated heterocycles. The monoisotopic (exact) mass is 448 g/mol. The number of oxime groups is 1. The predicted molar refractivity (Wildman–Crippen MR) is 127 cm³/mol. The molecule has 0 saturated carbocycles. The second kappa shape index (κ2) is 11.1. The molecule has 1 aliphatic heterocycles. The van der Waals surface area contributed by atoms with Crippen LogP contribution in [0.15, 0.2) is 84.0 Å². The van der Waals surface area contributed by atoms with Crippen LogP contribution in [0.2, 0.25) is 0 Å². The highest BCUT2D eigenvalue weighted by Crippen LogP contribution is 2.20. The van der Waals surface area contributed by atoms with Crippen molar-refractivity contribution in [2.24, 2.45) is 5.16 Å². The van der Waals surface area contributed by atoms with Crippen LogP contribution in [0.3, 0.4) is 0 Å².